The number of ether oxygens (including phenoxy) is 3. The number of aliphatic hydroxyl groups is 1. The smallest absolute Gasteiger partial charge is 0.313 e. The average Bonchev–Trinajstić information content (AvgIpc) is 3.73. The normalized spacial score (nSPS) is 30.1. The van der Waals surface area contributed by atoms with Crippen molar-refractivity contribution in [2.24, 2.45) is 17.3 Å². The van der Waals surface area contributed by atoms with Crippen molar-refractivity contribution in [2.45, 2.75) is 102 Å². The number of allylic oxidation sites excluding steroid dienone is 1. The van der Waals surface area contributed by atoms with Crippen LogP contribution in [0.2, 0.25) is 0 Å². The molecule has 2 aromatic carbocycles. The van der Waals surface area contributed by atoms with Gasteiger partial charge in [0.2, 0.25) is 17.7 Å². The first kappa shape index (κ1) is 40.8. The Bertz CT molecular complexity index is 1790. The van der Waals surface area contributed by atoms with Gasteiger partial charge in [-0.15, -0.1) is 0 Å². The maximum atomic E-state index is 15.6. The van der Waals surface area contributed by atoms with Crippen molar-refractivity contribution in [3.05, 3.63) is 94.5 Å². The molecule has 296 valence electrons. The third-order valence-corrected chi connectivity index (χ3v) is 11.9. The molecule has 11 nitrogen and oxygen atoms in total. The Kier molecular flexibility index (Phi) is 12.1. The number of carbonyl (C=O) groups excluding carboxylic acids is 4. The molecule has 2 fully saturated rings. The van der Waals surface area contributed by atoms with Crippen LogP contribution >= 0.6 is 15.9 Å². The Balaban J connectivity index is 1.52. The zero-order valence-electron chi connectivity index (χ0n) is 32.6. The first-order valence-corrected chi connectivity index (χ1v) is 19.9. The van der Waals surface area contributed by atoms with Gasteiger partial charge in [-0.05, 0) is 55.7 Å². The van der Waals surface area contributed by atoms with E-state index in [2.05, 4.69) is 42.0 Å². The van der Waals surface area contributed by atoms with Crippen molar-refractivity contribution in [2.75, 3.05) is 26.9 Å². The molecule has 1 spiro atoms. The predicted octanol–water partition coefficient (Wildman–Crippen LogP) is 5.27. The van der Waals surface area contributed by atoms with Gasteiger partial charge in [0.05, 0.1) is 31.2 Å². The molecule has 0 aliphatic carbocycles. The summed E-state index contributed by atoms with van der Waals surface area (Å²) in [4.78, 5) is 62.2. The van der Waals surface area contributed by atoms with E-state index in [-0.39, 0.29) is 43.2 Å². The number of likely N-dealkylation sites (tertiary alicyclic amines) is 1. The number of fused-ring (bicyclic) bond motifs is 2. The number of nitrogens with one attached hydrogen (secondary N) is 1. The summed E-state index contributed by atoms with van der Waals surface area (Å²) in [6.45, 7) is 10.2. The lowest BCUT2D eigenvalue weighted by atomic mass is 9.74. The van der Waals surface area contributed by atoms with E-state index in [1.807, 2.05) is 86.7 Å². The van der Waals surface area contributed by atoms with Gasteiger partial charge in [-0.25, -0.2) is 0 Å². The third-order valence-electron chi connectivity index (χ3n) is 11.2. The summed E-state index contributed by atoms with van der Waals surface area (Å²) < 4.78 is 19.3. The fraction of sp³-hybridized carbons (Fsp3) is 0.535. The summed E-state index contributed by atoms with van der Waals surface area (Å²) in [6, 6.07) is 15.9. The second-order valence-electron chi connectivity index (χ2n) is 17.0. The second kappa shape index (κ2) is 16.3. The van der Waals surface area contributed by atoms with E-state index in [9.17, 15) is 14.7 Å². The molecule has 3 amide bonds. The third kappa shape index (κ3) is 8.19. The highest BCUT2D eigenvalue weighted by molar-refractivity contribution is 9.11. The lowest BCUT2D eigenvalue weighted by molar-refractivity contribution is -0.163. The monoisotopic (exact) mass is 819 g/mol. The molecule has 4 heterocycles. The number of aliphatic hydroxyl groups excluding tert-OH is 1. The number of methoxy groups -OCH3 is 1. The molecule has 2 saturated heterocycles. The maximum absolute atomic E-state index is 15.6. The van der Waals surface area contributed by atoms with Gasteiger partial charge in [0.25, 0.3) is 0 Å². The zero-order valence-corrected chi connectivity index (χ0v) is 34.2. The van der Waals surface area contributed by atoms with Crippen LogP contribution in [0.25, 0.3) is 0 Å². The highest BCUT2D eigenvalue weighted by atomic mass is 79.9. The van der Waals surface area contributed by atoms with Gasteiger partial charge in [-0.1, -0.05) is 110 Å². The summed E-state index contributed by atoms with van der Waals surface area (Å²) in [7, 11) is 1.51. The van der Waals surface area contributed by atoms with Crippen molar-refractivity contribution in [3.8, 4) is 0 Å². The predicted molar refractivity (Wildman–Crippen MR) is 211 cm³/mol. The van der Waals surface area contributed by atoms with E-state index in [0.717, 1.165) is 5.56 Å². The first-order chi connectivity index (χ1) is 26.1. The number of carbonyl (C=O) groups is 4. The van der Waals surface area contributed by atoms with E-state index in [0.29, 0.717) is 22.9 Å². The van der Waals surface area contributed by atoms with Crippen LogP contribution in [0.3, 0.4) is 0 Å². The summed E-state index contributed by atoms with van der Waals surface area (Å²) in [5.41, 5.74) is -0.894. The number of esters is 1. The number of rotatable bonds is 9. The van der Waals surface area contributed by atoms with Gasteiger partial charge in [-0.2, -0.15) is 0 Å². The SMILES string of the molecule is COC[C@H]1NC(=O)CC/C=C\CN(C(C)(C)CC(C)(C)C)C(=O)[C@@H]2N([C@@H](CO)Cc3ccccc3)C(=O)[C@H]3[C@H](C(=O)O[C@@H]1c1ccccc1)[C@H]1O[C@@]23C=C1Br. The average molecular weight is 821 g/mol. The molecule has 0 unspecified atom stereocenters. The number of nitrogens with zero attached hydrogens (tertiary/aromatic N) is 2. The minimum atomic E-state index is -1.54. The number of amides is 3. The standard InChI is InChI=1S/C43H54BrN3O8/c1-41(2,3)26-42(4,5)46-21-15-9-14-20-32(49)45-31(25-53-6)35(28-18-12-8-13-19-28)54-40(52)33-34-38(50)47(29(24-48)22-27-16-10-7-11-17-27)37(39(46)51)43(34)23-30(44)36(33)55-43/h7-13,15-19,23,29,31,33-37,48H,14,20-22,24-26H2,1-6H3,(H,45,49)/b15-9-/t29-,31-,33+,34-,35-,36+,37+,43-/m1/s1. The Labute approximate surface area is 332 Å². The van der Waals surface area contributed by atoms with Crippen molar-refractivity contribution >= 4 is 39.6 Å². The lowest BCUT2D eigenvalue weighted by Gasteiger charge is -2.46. The lowest BCUT2D eigenvalue weighted by Crippen LogP contribution is -2.62. The molecule has 0 saturated carbocycles. The first-order valence-electron chi connectivity index (χ1n) is 19.1. The van der Waals surface area contributed by atoms with Crippen LogP contribution in [0, 0.1) is 17.3 Å². The maximum Gasteiger partial charge on any atom is 0.313 e. The van der Waals surface area contributed by atoms with Gasteiger partial charge >= 0.3 is 5.97 Å². The highest BCUT2D eigenvalue weighted by Gasteiger charge is 2.76. The van der Waals surface area contributed by atoms with Crippen molar-refractivity contribution in [1.82, 2.24) is 15.1 Å². The Morgan fingerprint density at radius 1 is 0.964 bits per heavy atom. The quantitative estimate of drug-likeness (QED) is 0.258. The summed E-state index contributed by atoms with van der Waals surface area (Å²) in [6.07, 6.45) is 5.16. The minimum absolute atomic E-state index is 0.0503. The van der Waals surface area contributed by atoms with E-state index < -0.39 is 71.8 Å². The molecule has 2 aromatic rings. The van der Waals surface area contributed by atoms with E-state index >= 15 is 9.59 Å². The van der Waals surface area contributed by atoms with Crippen LogP contribution in [0.5, 0.6) is 0 Å². The molecule has 2 N–H and O–H groups in total. The second-order valence-corrected chi connectivity index (χ2v) is 17.9. The molecule has 0 radical (unpaired) electrons. The molecule has 12 heteroatoms. The zero-order chi connectivity index (χ0) is 39.7. The van der Waals surface area contributed by atoms with Gasteiger partial charge in [0.1, 0.15) is 29.8 Å². The van der Waals surface area contributed by atoms with E-state index in [1.165, 1.54) is 12.0 Å². The molecule has 8 atom stereocenters. The molecule has 4 aliphatic heterocycles. The van der Waals surface area contributed by atoms with Gasteiger partial charge in [0.15, 0.2) is 0 Å². The van der Waals surface area contributed by atoms with Crippen LogP contribution < -0.4 is 5.32 Å². The molecular formula is C43H54BrN3O8. The Morgan fingerprint density at radius 3 is 2.27 bits per heavy atom. The minimum Gasteiger partial charge on any atom is -0.455 e. The van der Waals surface area contributed by atoms with E-state index in [1.54, 1.807) is 11.0 Å². The molecule has 0 aromatic heterocycles. The number of cyclic esters (lactones) is 1. The van der Waals surface area contributed by atoms with Crippen molar-refractivity contribution < 1.29 is 38.5 Å². The van der Waals surface area contributed by atoms with Crippen LogP contribution in [0.4, 0.5) is 0 Å². The van der Waals surface area contributed by atoms with Crippen LogP contribution in [-0.4, -0.2) is 101 Å². The molecule has 6 rings (SSSR count). The van der Waals surface area contributed by atoms with E-state index in [4.69, 9.17) is 14.2 Å². The molecule has 55 heavy (non-hydrogen) atoms. The van der Waals surface area contributed by atoms with Crippen molar-refractivity contribution in [3.63, 3.8) is 0 Å². The Hall–Kier alpha value is -3.84. The summed E-state index contributed by atoms with van der Waals surface area (Å²) in [5, 5.41) is 14.1. The Morgan fingerprint density at radius 2 is 1.64 bits per heavy atom. The number of hydrogen-bond donors (Lipinski definition) is 2. The summed E-state index contributed by atoms with van der Waals surface area (Å²) in [5.74, 6) is -4.03. The topological polar surface area (TPSA) is 135 Å². The fourth-order valence-electron chi connectivity index (χ4n) is 9.32. The van der Waals surface area contributed by atoms with Gasteiger partial charge in [0, 0.05) is 30.1 Å². The molecule has 4 aliphatic rings. The van der Waals surface area contributed by atoms with Gasteiger partial charge in [-0.3, -0.25) is 19.2 Å². The number of halogens is 1. The van der Waals surface area contributed by atoms with Crippen molar-refractivity contribution in [1.29, 1.82) is 0 Å². The molecular weight excluding hydrogens is 766 g/mol. The largest absolute Gasteiger partial charge is 0.455 e. The van der Waals surface area contributed by atoms with Crippen LogP contribution in [-0.2, 0) is 39.8 Å². The van der Waals surface area contributed by atoms with Gasteiger partial charge < -0.3 is 34.4 Å². The van der Waals surface area contributed by atoms with Crippen LogP contribution in [0.1, 0.15) is 71.1 Å². The van der Waals surface area contributed by atoms with Crippen LogP contribution in [0.15, 0.2) is 83.4 Å². The number of benzene rings is 2. The number of hydrogen-bond acceptors (Lipinski definition) is 8. The highest BCUT2D eigenvalue weighted by Crippen LogP contribution is 2.59. The summed E-state index contributed by atoms with van der Waals surface area (Å²) >= 11 is 3.66. The fourth-order valence-corrected chi connectivity index (χ4v) is 10.1. The molecule has 5 bridgehead atoms.